The molecule has 1 heterocycles. The van der Waals surface area contributed by atoms with Crippen LogP contribution >= 0.6 is 0 Å². The van der Waals surface area contributed by atoms with Gasteiger partial charge in [0.25, 0.3) is 0 Å². The first-order chi connectivity index (χ1) is 7.54. The molecule has 0 saturated heterocycles. The highest BCUT2D eigenvalue weighted by Crippen LogP contribution is 2.18. The number of hydrogen-bond donors (Lipinski definition) is 1. The number of ether oxygens (including phenoxy) is 2. The number of aromatic nitrogens is 1. The molecule has 7 heteroatoms. The van der Waals surface area contributed by atoms with Crippen molar-refractivity contribution in [1.29, 1.82) is 0 Å². The quantitative estimate of drug-likeness (QED) is 0.795. The van der Waals surface area contributed by atoms with E-state index in [-0.39, 0.29) is 23.7 Å². The van der Waals surface area contributed by atoms with E-state index < -0.39 is 12.6 Å². The highest BCUT2D eigenvalue weighted by atomic mass is 19.3. The first-order valence-electron chi connectivity index (χ1n) is 4.42. The second-order valence-corrected chi connectivity index (χ2v) is 2.71. The van der Waals surface area contributed by atoms with Crippen LogP contribution in [0.15, 0.2) is 12.3 Å². The molecule has 0 aliphatic carbocycles. The molecule has 1 aromatic heterocycles. The van der Waals surface area contributed by atoms with Crippen LogP contribution in [0.4, 0.5) is 14.5 Å². The van der Waals surface area contributed by atoms with Crippen LogP contribution in [0.25, 0.3) is 0 Å². The van der Waals surface area contributed by atoms with E-state index in [9.17, 15) is 13.6 Å². The summed E-state index contributed by atoms with van der Waals surface area (Å²) in [6.07, 6.45) is 1.03. The van der Waals surface area contributed by atoms with Crippen LogP contribution in [-0.4, -0.2) is 24.2 Å². The number of carbonyl (C=O) groups excluding carboxylic acids is 1. The molecule has 1 aromatic rings. The normalized spacial score (nSPS) is 10.2. The van der Waals surface area contributed by atoms with Crippen LogP contribution in [0.5, 0.6) is 5.88 Å². The third-order valence-corrected chi connectivity index (χ3v) is 1.62. The highest BCUT2D eigenvalue weighted by molar-refractivity contribution is 5.94. The van der Waals surface area contributed by atoms with E-state index in [4.69, 9.17) is 5.73 Å². The average molecular weight is 232 g/mol. The van der Waals surface area contributed by atoms with E-state index >= 15 is 0 Å². The molecule has 0 aliphatic rings. The molecule has 0 amide bonds. The summed E-state index contributed by atoms with van der Waals surface area (Å²) in [5.41, 5.74) is 5.46. The van der Waals surface area contributed by atoms with Gasteiger partial charge in [-0.15, -0.1) is 0 Å². The van der Waals surface area contributed by atoms with E-state index in [1.54, 1.807) is 6.92 Å². The third-order valence-electron chi connectivity index (χ3n) is 1.62. The lowest BCUT2D eigenvalue weighted by molar-refractivity contribution is -0.0528. The first kappa shape index (κ1) is 12.2. The predicted molar refractivity (Wildman–Crippen MR) is 51.2 cm³/mol. The van der Waals surface area contributed by atoms with Gasteiger partial charge in [0.05, 0.1) is 12.3 Å². The minimum absolute atomic E-state index is 0.0171. The maximum absolute atomic E-state index is 11.8. The summed E-state index contributed by atoms with van der Waals surface area (Å²) in [5, 5.41) is 0. The van der Waals surface area contributed by atoms with Crippen LogP contribution in [0.2, 0.25) is 0 Å². The molecular weight excluding hydrogens is 222 g/mol. The molecule has 5 nitrogen and oxygen atoms in total. The summed E-state index contributed by atoms with van der Waals surface area (Å²) in [6.45, 7) is -1.16. The molecule has 0 unspecified atom stereocenters. The Labute approximate surface area is 90.2 Å². The summed E-state index contributed by atoms with van der Waals surface area (Å²) >= 11 is 0. The molecule has 0 atom stereocenters. The molecule has 0 bridgehead atoms. The van der Waals surface area contributed by atoms with Gasteiger partial charge in [-0.25, -0.2) is 9.78 Å². The Morgan fingerprint density at radius 3 is 2.81 bits per heavy atom. The van der Waals surface area contributed by atoms with Crippen molar-refractivity contribution in [2.24, 2.45) is 0 Å². The lowest BCUT2D eigenvalue weighted by Gasteiger charge is -2.07. The number of halogens is 2. The van der Waals surface area contributed by atoms with Gasteiger partial charge in [-0.1, -0.05) is 0 Å². The number of anilines is 1. The minimum Gasteiger partial charge on any atom is -0.462 e. The van der Waals surface area contributed by atoms with Crippen molar-refractivity contribution >= 4 is 11.7 Å². The van der Waals surface area contributed by atoms with E-state index in [0.717, 1.165) is 12.3 Å². The van der Waals surface area contributed by atoms with Crippen LogP contribution in [0.1, 0.15) is 17.3 Å². The van der Waals surface area contributed by atoms with Crippen LogP contribution < -0.4 is 10.5 Å². The molecule has 88 valence electrons. The Balaban J connectivity index is 2.87. The molecule has 0 aromatic carbocycles. The predicted octanol–water partition coefficient (Wildman–Crippen LogP) is 1.44. The number of rotatable bonds is 4. The second-order valence-electron chi connectivity index (χ2n) is 2.71. The molecule has 0 fully saturated rings. The van der Waals surface area contributed by atoms with Crippen LogP contribution in [-0.2, 0) is 4.74 Å². The summed E-state index contributed by atoms with van der Waals surface area (Å²) in [6, 6.07) is 1.04. The number of nitrogens with two attached hydrogens (primary N) is 1. The van der Waals surface area contributed by atoms with Crippen molar-refractivity contribution in [2.45, 2.75) is 13.5 Å². The van der Waals surface area contributed by atoms with E-state index in [1.165, 1.54) is 0 Å². The summed E-state index contributed by atoms with van der Waals surface area (Å²) in [5.74, 6) is -1.00. The largest absolute Gasteiger partial charge is 0.462 e. The van der Waals surface area contributed by atoms with Crippen molar-refractivity contribution in [1.82, 2.24) is 4.98 Å². The van der Waals surface area contributed by atoms with Gasteiger partial charge in [-0.2, -0.15) is 8.78 Å². The molecule has 16 heavy (non-hydrogen) atoms. The summed E-state index contributed by atoms with van der Waals surface area (Å²) in [4.78, 5) is 14.8. The van der Waals surface area contributed by atoms with Gasteiger partial charge in [0, 0.05) is 12.3 Å². The fraction of sp³-hybridized carbons (Fsp3) is 0.333. The van der Waals surface area contributed by atoms with Crippen LogP contribution in [0, 0.1) is 0 Å². The highest BCUT2D eigenvalue weighted by Gasteiger charge is 2.14. The number of esters is 1. The fourth-order valence-electron chi connectivity index (χ4n) is 0.986. The molecule has 1 rings (SSSR count). The number of pyridine rings is 1. The average Bonchev–Trinajstić information content (AvgIpc) is 2.16. The van der Waals surface area contributed by atoms with Gasteiger partial charge in [0.15, 0.2) is 0 Å². The molecule has 0 aliphatic heterocycles. The topological polar surface area (TPSA) is 74.4 Å². The minimum atomic E-state index is -2.99. The standard InChI is InChI=1S/C9H10F2N2O3/c1-2-15-8(14)5-4-13-7(3-6(5)12)16-9(10)11/h3-4,9H,2H2,1H3,(H2,12,13). The molecular formula is C9H10F2N2O3. The molecule has 2 N–H and O–H groups in total. The molecule has 0 spiro atoms. The smallest absolute Gasteiger partial charge is 0.388 e. The van der Waals surface area contributed by atoms with Crippen molar-refractivity contribution in [2.75, 3.05) is 12.3 Å². The van der Waals surface area contributed by atoms with Gasteiger partial charge in [0.1, 0.15) is 5.56 Å². The molecule has 0 radical (unpaired) electrons. The van der Waals surface area contributed by atoms with Gasteiger partial charge < -0.3 is 15.2 Å². The zero-order chi connectivity index (χ0) is 12.1. The fourth-order valence-corrected chi connectivity index (χ4v) is 0.986. The Hall–Kier alpha value is -1.92. The maximum Gasteiger partial charge on any atom is 0.388 e. The van der Waals surface area contributed by atoms with Gasteiger partial charge in [0.2, 0.25) is 5.88 Å². The summed E-state index contributed by atoms with van der Waals surface area (Å²) < 4.78 is 32.4. The monoisotopic (exact) mass is 232 g/mol. The number of hydrogen-bond acceptors (Lipinski definition) is 5. The lowest BCUT2D eigenvalue weighted by Crippen LogP contribution is -2.10. The maximum atomic E-state index is 11.8. The van der Waals surface area contributed by atoms with Gasteiger partial charge >= 0.3 is 12.6 Å². The SMILES string of the molecule is CCOC(=O)c1cnc(OC(F)F)cc1N. The van der Waals surface area contributed by atoms with Crippen molar-refractivity contribution < 1.29 is 23.0 Å². The Kier molecular flexibility index (Phi) is 3.98. The number of nitrogen functional groups attached to an aromatic ring is 1. The Morgan fingerprint density at radius 1 is 1.62 bits per heavy atom. The zero-order valence-electron chi connectivity index (χ0n) is 8.44. The number of alkyl halides is 2. The Morgan fingerprint density at radius 2 is 2.31 bits per heavy atom. The second kappa shape index (κ2) is 5.24. The van der Waals surface area contributed by atoms with E-state index in [1.807, 2.05) is 0 Å². The summed E-state index contributed by atoms with van der Waals surface area (Å²) in [7, 11) is 0. The van der Waals surface area contributed by atoms with Crippen molar-refractivity contribution in [3.8, 4) is 5.88 Å². The van der Waals surface area contributed by atoms with E-state index in [2.05, 4.69) is 14.5 Å². The molecule has 0 saturated carbocycles. The first-order valence-corrected chi connectivity index (χ1v) is 4.42. The van der Waals surface area contributed by atoms with Crippen LogP contribution in [0.3, 0.4) is 0 Å². The van der Waals surface area contributed by atoms with Gasteiger partial charge in [-0.3, -0.25) is 0 Å². The number of nitrogens with zero attached hydrogens (tertiary/aromatic N) is 1. The van der Waals surface area contributed by atoms with Crippen molar-refractivity contribution in [3.63, 3.8) is 0 Å². The number of carbonyl (C=O) groups is 1. The van der Waals surface area contributed by atoms with Crippen molar-refractivity contribution in [3.05, 3.63) is 17.8 Å². The lowest BCUT2D eigenvalue weighted by atomic mass is 10.2. The zero-order valence-corrected chi connectivity index (χ0v) is 8.44. The third kappa shape index (κ3) is 3.04. The van der Waals surface area contributed by atoms with E-state index in [0.29, 0.717) is 0 Å². The van der Waals surface area contributed by atoms with Gasteiger partial charge in [-0.05, 0) is 6.92 Å². The Bertz CT molecular complexity index is 385.